The normalized spacial score (nSPS) is 17.6. The largest absolute Gasteiger partial charge is 0.368 e. The molecule has 0 bridgehead atoms. The summed E-state index contributed by atoms with van der Waals surface area (Å²) in [6, 6.07) is 1.63. The van der Waals surface area contributed by atoms with Gasteiger partial charge in [-0.25, -0.2) is 15.0 Å². The topological polar surface area (TPSA) is 84.3 Å². The van der Waals surface area contributed by atoms with Gasteiger partial charge in [-0.1, -0.05) is 0 Å². The summed E-state index contributed by atoms with van der Waals surface area (Å²) in [6.07, 6.45) is 4.58. The van der Waals surface area contributed by atoms with Crippen LogP contribution in [0, 0.1) is 6.92 Å². The molecule has 126 valence electrons. The van der Waals surface area contributed by atoms with Crippen LogP contribution in [-0.4, -0.2) is 64.5 Å². The number of morpholine rings is 1. The van der Waals surface area contributed by atoms with E-state index in [1.165, 1.54) is 0 Å². The van der Waals surface area contributed by atoms with E-state index in [1.54, 1.807) is 36.5 Å². The Hall–Kier alpha value is -2.61. The molecule has 0 spiro atoms. The molecule has 0 radical (unpaired) electrons. The number of anilines is 1. The molecule has 1 saturated heterocycles. The number of nitrogens with zero attached hydrogens (tertiary/aromatic N) is 6. The van der Waals surface area contributed by atoms with Gasteiger partial charge in [0.05, 0.1) is 13.2 Å². The minimum absolute atomic E-state index is 0.121. The third-order valence-electron chi connectivity index (χ3n) is 3.78. The van der Waals surface area contributed by atoms with E-state index in [9.17, 15) is 4.79 Å². The Labute approximate surface area is 140 Å². The molecule has 0 aliphatic carbocycles. The summed E-state index contributed by atoms with van der Waals surface area (Å²) >= 11 is 0. The van der Waals surface area contributed by atoms with E-state index in [0.717, 1.165) is 11.5 Å². The highest BCUT2D eigenvalue weighted by molar-refractivity contribution is 5.92. The lowest BCUT2D eigenvalue weighted by atomic mass is 10.1. The maximum absolute atomic E-state index is 12.7. The van der Waals surface area contributed by atoms with Crippen molar-refractivity contribution >= 4 is 11.7 Å². The predicted octanol–water partition coefficient (Wildman–Crippen LogP) is 0.855. The number of amides is 1. The minimum Gasteiger partial charge on any atom is -0.368 e. The fraction of sp³-hybridized carbons (Fsp3) is 0.438. The molecule has 3 rings (SSSR count). The van der Waals surface area contributed by atoms with Gasteiger partial charge in [0.2, 0.25) is 0 Å². The molecule has 3 heterocycles. The van der Waals surface area contributed by atoms with Crippen LogP contribution >= 0.6 is 0 Å². The average molecular weight is 328 g/mol. The van der Waals surface area contributed by atoms with Crippen molar-refractivity contribution < 1.29 is 9.53 Å². The smallest absolute Gasteiger partial charge is 0.272 e. The number of ether oxygens (including phenoxy) is 1. The fourth-order valence-electron chi connectivity index (χ4n) is 2.65. The van der Waals surface area contributed by atoms with Crippen molar-refractivity contribution in [2.45, 2.75) is 13.0 Å². The molecule has 1 atom stereocenters. The van der Waals surface area contributed by atoms with Crippen molar-refractivity contribution in [1.82, 2.24) is 24.8 Å². The van der Waals surface area contributed by atoms with Gasteiger partial charge < -0.3 is 14.5 Å². The Kier molecular flexibility index (Phi) is 4.66. The third kappa shape index (κ3) is 3.33. The first-order chi connectivity index (χ1) is 11.6. The van der Waals surface area contributed by atoms with Gasteiger partial charge in [-0.3, -0.25) is 9.78 Å². The second-order valence-electron chi connectivity index (χ2n) is 5.76. The molecule has 1 aliphatic heterocycles. The molecule has 2 aromatic rings. The van der Waals surface area contributed by atoms with Crippen LogP contribution in [0.4, 0.5) is 5.82 Å². The predicted molar refractivity (Wildman–Crippen MR) is 87.7 cm³/mol. The maximum atomic E-state index is 12.7. The summed E-state index contributed by atoms with van der Waals surface area (Å²) in [5, 5.41) is 0. The Morgan fingerprint density at radius 1 is 1.25 bits per heavy atom. The van der Waals surface area contributed by atoms with Crippen molar-refractivity contribution in [2.75, 3.05) is 38.7 Å². The number of aromatic nitrogens is 4. The van der Waals surface area contributed by atoms with E-state index < -0.39 is 0 Å². The van der Waals surface area contributed by atoms with Gasteiger partial charge in [0, 0.05) is 39.2 Å². The number of carbonyl (C=O) groups is 1. The summed E-state index contributed by atoms with van der Waals surface area (Å²) in [5.74, 6) is 1.20. The molecule has 24 heavy (non-hydrogen) atoms. The number of hydrogen-bond acceptors (Lipinski definition) is 7. The second-order valence-corrected chi connectivity index (χ2v) is 5.76. The van der Waals surface area contributed by atoms with Crippen LogP contribution in [0.1, 0.15) is 28.1 Å². The van der Waals surface area contributed by atoms with E-state index in [1.807, 2.05) is 19.0 Å². The van der Waals surface area contributed by atoms with Crippen LogP contribution in [0.15, 0.2) is 24.7 Å². The Bertz CT molecular complexity index is 736. The standard InChI is InChI=1S/C16H20N6O2/c1-11-17-5-4-12(20-11)16(23)22-8-9-24-13(10-22)14-15(21(2)3)19-7-6-18-14/h4-7,13H,8-10H2,1-3H3. The minimum atomic E-state index is -0.309. The van der Waals surface area contributed by atoms with Crippen LogP contribution in [0.25, 0.3) is 0 Å². The van der Waals surface area contributed by atoms with Gasteiger partial charge in [-0.2, -0.15) is 0 Å². The van der Waals surface area contributed by atoms with Gasteiger partial charge in [0.25, 0.3) is 5.91 Å². The van der Waals surface area contributed by atoms with E-state index in [0.29, 0.717) is 31.2 Å². The molecule has 8 heteroatoms. The van der Waals surface area contributed by atoms with Gasteiger partial charge in [0.15, 0.2) is 5.82 Å². The molecule has 1 aliphatic rings. The number of carbonyl (C=O) groups excluding carboxylic acids is 1. The summed E-state index contributed by atoms with van der Waals surface area (Å²) < 4.78 is 5.84. The van der Waals surface area contributed by atoms with Gasteiger partial charge >= 0.3 is 0 Å². The zero-order valence-corrected chi connectivity index (χ0v) is 14.0. The van der Waals surface area contributed by atoms with Crippen LogP contribution in [0.5, 0.6) is 0 Å². The van der Waals surface area contributed by atoms with Crippen molar-refractivity contribution in [2.24, 2.45) is 0 Å². The highest BCUT2D eigenvalue weighted by atomic mass is 16.5. The Morgan fingerprint density at radius 2 is 2.04 bits per heavy atom. The first-order valence-corrected chi connectivity index (χ1v) is 7.75. The number of aryl methyl sites for hydroxylation is 1. The van der Waals surface area contributed by atoms with Crippen LogP contribution < -0.4 is 4.90 Å². The third-order valence-corrected chi connectivity index (χ3v) is 3.78. The molecular formula is C16H20N6O2. The zero-order valence-electron chi connectivity index (χ0n) is 14.0. The molecule has 1 fully saturated rings. The molecule has 0 saturated carbocycles. The van der Waals surface area contributed by atoms with Crippen LogP contribution in [0.3, 0.4) is 0 Å². The Morgan fingerprint density at radius 3 is 2.79 bits per heavy atom. The van der Waals surface area contributed by atoms with Crippen LogP contribution in [0.2, 0.25) is 0 Å². The Balaban J connectivity index is 1.81. The molecular weight excluding hydrogens is 308 g/mol. The molecule has 0 N–H and O–H groups in total. The number of rotatable bonds is 3. The van der Waals surface area contributed by atoms with Crippen molar-refractivity contribution in [3.8, 4) is 0 Å². The van der Waals surface area contributed by atoms with Crippen molar-refractivity contribution in [1.29, 1.82) is 0 Å². The monoisotopic (exact) mass is 328 g/mol. The lowest BCUT2D eigenvalue weighted by molar-refractivity contribution is -0.0248. The van der Waals surface area contributed by atoms with Gasteiger partial charge in [0.1, 0.15) is 23.3 Å². The zero-order chi connectivity index (χ0) is 17.1. The summed E-state index contributed by atoms with van der Waals surface area (Å²) in [7, 11) is 3.81. The lowest BCUT2D eigenvalue weighted by Gasteiger charge is -2.33. The van der Waals surface area contributed by atoms with Gasteiger partial charge in [-0.15, -0.1) is 0 Å². The molecule has 0 aromatic carbocycles. The highest BCUT2D eigenvalue weighted by Gasteiger charge is 2.29. The maximum Gasteiger partial charge on any atom is 0.272 e. The van der Waals surface area contributed by atoms with Crippen molar-refractivity contribution in [3.63, 3.8) is 0 Å². The van der Waals surface area contributed by atoms with E-state index >= 15 is 0 Å². The SMILES string of the molecule is Cc1nccc(C(=O)N2CCOC(c3nccnc3N(C)C)C2)n1. The lowest BCUT2D eigenvalue weighted by Crippen LogP contribution is -2.43. The molecule has 8 nitrogen and oxygen atoms in total. The quantitative estimate of drug-likeness (QED) is 0.826. The number of hydrogen-bond donors (Lipinski definition) is 0. The van der Waals surface area contributed by atoms with Crippen molar-refractivity contribution in [3.05, 3.63) is 41.9 Å². The first-order valence-electron chi connectivity index (χ1n) is 7.75. The first kappa shape index (κ1) is 16.3. The van der Waals surface area contributed by atoms with E-state index in [4.69, 9.17) is 4.74 Å². The fourth-order valence-corrected chi connectivity index (χ4v) is 2.65. The average Bonchev–Trinajstić information content (AvgIpc) is 2.61. The molecule has 1 unspecified atom stereocenters. The van der Waals surface area contributed by atoms with Gasteiger partial charge in [-0.05, 0) is 13.0 Å². The summed E-state index contributed by atoms with van der Waals surface area (Å²) in [4.78, 5) is 33.3. The summed E-state index contributed by atoms with van der Waals surface area (Å²) in [6.45, 7) is 3.16. The summed E-state index contributed by atoms with van der Waals surface area (Å²) in [5.41, 5.74) is 1.13. The molecule has 1 amide bonds. The van der Waals surface area contributed by atoms with Crippen LogP contribution in [-0.2, 0) is 4.74 Å². The second kappa shape index (κ2) is 6.88. The molecule has 2 aromatic heterocycles. The highest BCUT2D eigenvalue weighted by Crippen LogP contribution is 2.27. The van der Waals surface area contributed by atoms with E-state index in [-0.39, 0.29) is 12.0 Å². The van der Waals surface area contributed by atoms with E-state index in [2.05, 4.69) is 19.9 Å².